The van der Waals surface area contributed by atoms with Gasteiger partial charge in [-0.05, 0) is 14.0 Å². The summed E-state index contributed by atoms with van der Waals surface area (Å²) in [6.07, 6.45) is 2.96. The van der Waals surface area contributed by atoms with Gasteiger partial charge in [-0.25, -0.2) is 9.50 Å². The van der Waals surface area contributed by atoms with Crippen LogP contribution in [0.4, 0.5) is 0 Å². The van der Waals surface area contributed by atoms with E-state index in [-0.39, 0.29) is 0 Å². The van der Waals surface area contributed by atoms with Crippen LogP contribution in [0.2, 0.25) is 0 Å². The second kappa shape index (κ2) is 3.43. The van der Waals surface area contributed by atoms with Crippen LogP contribution in [0, 0.1) is 6.92 Å². The number of rotatable bonds is 3. The summed E-state index contributed by atoms with van der Waals surface area (Å²) >= 11 is 1.63. The number of hydrogen-bond acceptors (Lipinski definition) is 4. The molecule has 5 heteroatoms. The maximum absolute atomic E-state index is 4.45. The molecule has 2 heterocycles. The van der Waals surface area contributed by atoms with Crippen LogP contribution in [-0.4, -0.2) is 28.2 Å². The standard InChI is InChI=1S/C8H12N4S/c1-6-11-12-5-7(3-4-9-2)10-8(12)13-6/h5,9H,3-4H2,1-2H3. The number of aromatic nitrogens is 3. The number of nitrogens with zero attached hydrogens (tertiary/aromatic N) is 3. The van der Waals surface area contributed by atoms with Crippen LogP contribution in [0.3, 0.4) is 0 Å². The molecule has 0 amide bonds. The van der Waals surface area contributed by atoms with Crippen molar-refractivity contribution >= 4 is 16.3 Å². The molecule has 0 aliphatic carbocycles. The SMILES string of the molecule is CNCCc1cn2nc(C)sc2n1. The summed E-state index contributed by atoms with van der Waals surface area (Å²) in [7, 11) is 1.95. The first-order valence-electron chi connectivity index (χ1n) is 4.26. The Balaban J connectivity index is 2.24. The highest BCUT2D eigenvalue weighted by Gasteiger charge is 2.04. The first kappa shape index (κ1) is 8.65. The number of aryl methyl sites for hydroxylation is 1. The van der Waals surface area contributed by atoms with Crippen molar-refractivity contribution in [1.29, 1.82) is 0 Å². The zero-order chi connectivity index (χ0) is 9.26. The van der Waals surface area contributed by atoms with E-state index < -0.39 is 0 Å². The van der Waals surface area contributed by atoms with E-state index in [1.165, 1.54) is 0 Å². The Bertz CT molecular complexity index is 372. The Labute approximate surface area is 80.6 Å². The van der Waals surface area contributed by atoms with Crippen molar-refractivity contribution in [2.45, 2.75) is 13.3 Å². The number of likely N-dealkylation sites (N-methyl/N-ethyl adjacent to an activating group) is 1. The molecule has 2 aromatic rings. The van der Waals surface area contributed by atoms with Crippen LogP contribution >= 0.6 is 11.3 Å². The van der Waals surface area contributed by atoms with Crippen molar-refractivity contribution < 1.29 is 0 Å². The molecule has 13 heavy (non-hydrogen) atoms. The van der Waals surface area contributed by atoms with Crippen LogP contribution in [0.15, 0.2) is 6.20 Å². The summed E-state index contributed by atoms with van der Waals surface area (Å²) in [4.78, 5) is 5.44. The van der Waals surface area contributed by atoms with Crippen LogP contribution in [0.5, 0.6) is 0 Å². The zero-order valence-electron chi connectivity index (χ0n) is 7.74. The normalized spacial score (nSPS) is 11.2. The molecular formula is C8H12N4S. The first-order chi connectivity index (χ1) is 6.29. The van der Waals surface area contributed by atoms with Gasteiger partial charge in [0.05, 0.1) is 11.9 Å². The smallest absolute Gasteiger partial charge is 0.212 e. The molecule has 70 valence electrons. The summed E-state index contributed by atoms with van der Waals surface area (Å²) in [5, 5.41) is 8.45. The van der Waals surface area contributed by atoms with Crippen molar-refractivity contribution in [2.24, 2.45) is 0 Å². The van der Waals surface area contributed by atoms with Gasteiger partial charge in [-0.3, -0.25) is 0 Å². The minimum atomic E-state index is 0.962. The molecule has 2 aromatic heterocycles. The number of nitrogens with one attached hydrogen (secondary N) is 1. The summed E-state index contributed by atoms with van der Waals surface area (Å²) in [5.74, 6) is 0. The topological polar surface area (TPSA) is 42.2 Å². The maximum atomic E-state index is 4.45. The van der Waals surface area contributed by atoms with E-state index in [0.717, 1.165) is 28.6 Å². The predicted octanol–water partition coefficient (Wildman–Crippen LogP) is 0.861. The van der Waals surface area contributed by atoms with E-state index in [1.54, 1.807) is 11.3 Å². The van der Waals surface area contributed by atoms with Gasteiger partial charge in [-0.1, -0.05) is 11.3 Å². The van der Waals surface area contributed by atoms with Crippen LogP contribution in [-0.2, 0) is 6.42 Å². The van der Waals surface area contributed by atoms with Gasteiger partial charge < -0.3 is 5.32 Å². The lowest BCUT2D eigenvalue weighted by Gasteiger charge is -1.92. The molecule has 1 N–H and O–H groups in total. The average molecular weight is 196 g/mol. The molecule has 2 rings (SSSR count). The minimum absolute atomic E-state index is 0.962. The monoisotopic (exact) mass is 196 g/mol. The Morgan fingerprint density at radius 3 is 3.15 bits per heavy atom. The molecule has 0 aromatic carbocycles. The molecule has 0 radical (unpaired) electrons. The van der Waals surface area contributed by atoms with Gasteiger partial charge in [0.1, 0.15) is 5.01 Å². The van der Waals surface area contributed by atoms with Crippen molar-refractivity contribution in [1.82, 2.24) is 19.9 Å². The number of imidazole rings is 1. The van der Waals surface area contributed by atoms with Gasteiger partial charge in [0.2, 0.25) is 4.96 Å². The molecule has 0 aliphatic heterocycles. The Morgan fingerprint density at radius 1 is 1.62 bits per heavy atom. The molecule has 0 bridgehead atoms. The lowest BCUT2D eigenvalue weighted by atomic mass is 10.3. The first-order valence-corrected chi connectivity index (χ1v) is 5.07. The molecule has 0 fully saturated rings. The highest BCUT2D eigenvalue weighted by molar-refractivity contribution is 7.16. The van der Waals surface area contributed by atoms with E-state index in [2.05, 4.69) is 15.4 Å². The molecule has 0 aliphatic rings. The largest absolute Gasteiger partial charge is 0.319 e. The van der Waals surface area contributed by atoms with Crippen LogP contribution < -0.4 is 5.32 Å². The van der Waals surface area contributed by atoms with Gasteiger partial charge in [0, 0.05) is 13.0 Å². The highest BCUT2D eigenvalue weighted by atomic mass is 32.1. The Hall–Kier alpha value is -0.940. The van der Waals surface area contributed by atoms with Crippen molar-refractivity contribution in [3.05, 3.63) is 16.9 Å². The molecule has 0 atom stereocenters. The van der Waals surface area contributed by atoms with Crippen molar-refractivity contribution in [3.8, 4) is 0 Å². The maximum Gasteiger partial charge on any atom is 0.212 e. The van der Waals surface area contributed by atoms with E-state index in [1.807, 2.05) is 24.7 Å². The molecule has 0 unspecified atom stereocenters. The summed E-state index contributed by atoms with van der Waals surface area (Å²) < 4.78 is 1.85. The third kappa shape index (κ3) is 1.71. The zero-order valence-corrected chi connectivity index (χ0v) is 8.56. The summed E-state index contributed by atoms with van der Waals surface area (Å²) in [6.45, 7) is 2.95. The van der Waals surface area contributed by atoms with E-state index in [9.17, 15) is 0 Å². The fraction of sp³-hybridized carbons (Fsp3) is 0.500. The van der Waals surface area contributed by atoms with Crippen LogP contribution in [0.1, 0.15) is 10.7 Å². The predicted molar refractivity (Wildman–Crippen MR) is 53.2 cm³/mol. The highest BCUT2D eigenvalue weighted by Crippen LogP contribution is 2.13. The van der Waals surface area contributed by atoms with Gasteiger partial charge >= 0.3 is 0 Å². The Kier molecular flexibility index (Phi) is 2.28. The quantitative estimate of drug-likeness (QED) is 0.791. The lowest BCUT2D eigenvalue weighted by Crippen LogP contribution is -2.10. The second-order valence-electron chi connectivity index (χ2n) is 2.93. The van der Waals surface area contributed by atoms with E-state index in [4.69, 9.17) is 0 Å². The molecule has 4 nitrogen and oxygen atoms in total. The van der Waals surface area contributed by atoms with Crippen molar-refractivity contribution in [2.75, 3.05) is 13.6 Å². The minimum Gasteiger partial charge on any atom is -0.319 e. The van der Waals surface area contributed by atoms with Gasteiger partial charge in [-0.2, -0.15) is 5.10 Å². The molecular weight excluding hydrogens is 184 g/mol. The fourth-order valence-corrected chi connectivity index (χ4v) is 1.96. The lowest BCUT2D eigenvalue weighted by molar-refractivity contribution is 0.779. The van der Waals surface area contributed by atoms with E-state index in [0.29, 0.717) is 0 Å². The second-order valence-corrected chi connectivity index (χ2v) is 4.09. The Morgan fingerprint density at radius 2 is 2.46 bits per heavy atom. The fourth-order valence-electron chi connectivity index (χ4n) is 1.22. The molecule has 0 saturated carbocycles. The van der Waals surface area contributed by atoms with Gasteiger partial charge in [-0.15, -0.1) is 0 Å². The summed E-state index contributed by atoms with van der Waals surface area (Å²) in [6, 6.07) is 0. The van der Waals surface area contributed by atoms with Crippen molar-refractivity contribution in [3.63, 3.8) is 0 Å². The summed E-state index contributed by atoms with van der Waals surface area (Å²) in [5.41, 5.74) is 1.10. The third-order valence-corrected chi connectivity index (χ3v) is 2.66. The molecule has 0 saturated heterocycles. The third-order valence-electron chi connectivity index (χ3n) is 1.83. The number of hydrogen-bond donors (Lipinski definition) is 1. The number of fused-ring (bicyclic) bond motifs is 1. The van der Waals surface area contributed by atoms with Gasteiger partial charge in [0.15, 0.2) is 0 Å². The molecule has 0 spiro atoms. The van der Waals surface area contributed by atoms with Crippen LogP contribution in [0.25, 0.3) is 4.96 Å². The van der Waals surface area contributed by atoms with Gasteiger partial charge in [0.25, 0.3) is 0 Å². The average Bonchev–Trinajstić information content (AvgIpc) is 2.57. The van der Waals surface area contributed by atoms with E-state index >= 15 is 0 Å².